The van der Waals surface area contributed by atoms with Crippen LogP contribution in [0.1, 0.15) is 55.9 Å². The maximum atomic E-state index is 13.9. The number of nitrogens with zero attached hydrogens (tertiary/aromatic N) is 1. The molecule has 3 rings (SSSR count). The topological polar surface area (TPSA) is 38.8 Å². The number of hydrogen-bond acceptors (Lipinski definition) is 4. The minimum atomic E-state index is -4.17. The molecule has 0 saturated carbocycles. The van der Waals surface area contributed by atoms with Gasteiger partial charge in [0.05, 0.1) is 11.5 Å². The van der Waals surface area contributed by atoms with Crippen LogP contribution in [0.15, 0.2) is 6.07 Å². The van der Waals surface area contributed by atoms with Crippen LogP contribution in [-0.4, -0.2) is 42.2 Å². The maximum absolute atomic E-state index is 13.9. The molecule has 0 aromatic carbocycles. The van der Waals surface area contributed by atoms with Gasteiger partial charge in [-0.15, -0.1) is 11.3 Å². The summed E-state index contributed by atoms with van der Waals surface area (Å²) >= 11 is 0.708. The van der Waals surface area contributed by atoms with Crippen LogP contribution >= 0.6 is 11.3 Å². The average Bonchev–Trinajstić information content (AvgIpc) is 2.99. The number of piperidine rings is 1. The van der Waals surface area contributed by atoms with Gasteiger partial charge in [0.1, 0.15) is 11.2 Å². The normalized spacial score (nSPS) is 25.9. The lowest BCUT2D eigenvalue weighted by Gasteiger charge is -2.46. The van der Waals surface area contributed by atoms with Crippen LogP contribution in [0.2, 0.25) is 0 Å². The molecular formula is C19H25F4NO3S. The molecule has 0 aliphatic carbocycles. The molecule has 0 radical (unpaired) electrons. The summed E-state index contributed by atoms with van der Waals surface area (Å²) in [6.45, 7) is 7.89. The summed E-state index contributed by atoms with van der Waals surface area (Å²) in [4.78, 5) is 14.0. The zero-order valence-corrected chi connectivity index (χ0v) is 17.2. The van der Waals surface area contributed by atoms with Gasteiger partial charge in [-0.05, 0) is 52.2 Å². The molecule has 1 amide bonds. The molecule has 2 aliphatic rings. The molecule has 0 bridgehead atoms. The lowest BCUT2D eigenvalue weighted by Crippen LogP contribution is -2.53. The van der Waals surface area contributed by atoms with Crippen molar-refractivity contribution in [3.8, 4) is 0 Å². The summed E-state index contributed by atoms with van der Waals surface area (Å²) in [6.07, 6.45) is -2.96. The van der Waals surface area contributed by atoms with E-state index < -0.39 is 34.5 Å². The number of rotatable bonds is 2. The molecule has 2 atom stereocenters. The van der Waals surface area contributed by atoms with E-state index in [4.69, 9.17) is 9.47 Å². The van der Waals surface area contributed by atoms with Gasteiger partial charge in [-0.1, -0.05) is 0 Å². The molecule has 1 aromatic heterocycles. The van der Waals surface area contributed by atoms with Crippen molar-refractivity contribution < 1.29 is 31.8 Å². The molecule has 1 fully saturated rings. The van der Waals surface area contributed by atoms with Gasteiger partial charge < -0.3 is 14.4 Å². The van der Waals surface area contributed by atoms with Gasteiger partial charge in [-0.3, -0.25) is 0 Å². The molecule has 0 N–H and O–H groups in total. The Morgan fingerprint density at radius 2 is 2.07 bits per heavy atom. The second-order valence-corrected chi connectivity index (χ2v) is 9.51. The third kappa shape index (κ3) is 3.87. The van der Waals surface area contributed by atoms with Crippen LogP contribution in [0.25, 0.3) is 0 Å². The van der Waals surface area contributed by atoms with E-state index in [9.17, 15) is 22.4 Å². The van der Waals surface area contributed by atoms with Gasteiger partial charge in [0.15, 0.2) is 0 Å². The number of alkyl halides is 4. The Bertz CT molecular complexity index is 746. The van der Waals surface area contributed by atoms with E-state index in [0.29, 0.717) is 54.2 Å². The van der Waals surface area contributed by atoms with Gasteiger partial charge in [-0.2, -0.15) is 8.78 Å². The van der Waals surface area contributed by atoms with E-state index in [1.165, 1.54) is 6.07 Å². The van der Waals surface area contributed by atoms with Gasteiger partial charge in [-0.25, -0.2) is 13.6 Å². The summed E-state index contributed by atoms with van der Waals surface area (Å²) in [5.74, 6) is -4.17. The molecular weight excluding hydrogens is 398 g/mol. The Morgan fingerprint density at radius 3 is 2.64 bits per heavy atom. The number of amides is 1. The van der Waals surface area contributed by atoms with E-state index in [1.54, 1.807) is 25.7 Å². The quantitative estimate of drug-likeness (QED) is 0.607. The fraction of sp³-hybridized carbons (Fsp3) is 0.737. The first kappa shape index (κ1) is 21.4. The number of thiophene rings is 1. The van der Waals surface area contributed by atoms with Crippen molar-refractivity contribution in [3.05, 3.63) is 21.4 Å². The van der Waals surface area contributed by atoms with Crippen LogP contribution in [-0.2, 0) is 27.4 Å². The lowest BCUT2D eigenvalue weighted by atomic mass is 9.82. The summed E-state index contributed by atoms with van der Waals surface area (Å²) in [5, 5.41) is 0. The zero-order chi connectivity index (χ0) is 20.9. The van der Waals surface area contributed by atoms with E-state index in [-0.39, 0.29) is 6.04 Å². The van der Waals surface area contributed by atoms with Crippen LogP contribution in [0.5, 0.6) is 0 Å². The van der Waals surface area contributed by atoms with Crippen molar-refractivity contribution in [3.63, 3.8) is 0 Å². The number of fused-ring (bicyclic) bond motifs is 2. The second-order valence-electron chi connectivity index (χ2n) is 8.46. The van der Waals surface area contributed by atoms with Gasteiger partial charge in [0.2, 0.25) is 0 Å². The van der Waals surface area contributed by atoms with E-state index in [1.807, 2.05) is 6.92 Å². The van der Waals surface area contributed by atoms with Crippen molar-refractivity contribution in [2.45, 2.75) is 76.5 Å². The minimum Gasteiger partial charge on any atom is -0.444 e. The number of hydrogen-bond donors (Lipinski definition) is 0. The summed E-state index contributed by atoms with van der Waals surface area (Å²) < 4.78 is 64.8. The smallest absolute Gasteiger partial charge is 0.410 e. The van der Waals surface area contributed by atoms with Gasteiger partial charge in [0, 0.05) is 23.9 Å². The monoisotopic (exact) mass is 423 g/mol. The molecule has 1 aromatic rings. The number of halogens is 4. The fourth-order valence-electron chi connectivity index (χ4n) is 3.83. The standard InChI is InChI=1S/C19H25F4NO3S/c1-11-10-18(6-7-24(11)16(25)27-17(2,3)4)14-12(5-8-26-18)9-13(28-14)19(22,23)15(20)21/h9,11,15H,5-8,10H2,1-4H3/t11-,18?/m0/s1. The SMILES string of the molecule is C[C@H]1CC2(CCN1C(=O)OC(C)(C)C)OCCc1cc(C(F)(F)C(F)F)sc12. The Balaban J connectivity index is 1.85. The van der Waals surface area contributed by atoms with E-state index in [2.05, 4.69) is 0 Å². The van der Waals surface area contributed by atoms with Crippen molar-refractivity contribution in [1.82, 2.24) is 4.90 Å². The molecule has 4 nitrogen and oxygen atoms in total. The molecule has 3 heterocycles. The summed E-state index contributed by atoms with van der Waals surface area (Å²) in [7, 11) is 0. The predicted octanol–water partition coefficient (Wildman–Crippen LogP) is 5.29. The van der Waals surface area contributed by atoms with Crippen LogP contribution in [0.4, 0.5) is 22.4 Å². The maximum Gasteiger partial charge on any atom is 0.410 e. The molecule has 1 saturated heterocycles. The van der Waals surface area contributed by atoms with Crippen molar-refractivity contribution in [2.24, 2.45) is 0 Å². The highest BCUT2D eigenvalue weighted by Gasteiger charge is 2.50. The third-order valence-electron chi connectivity index (χ3n) is 5.12. The molecule has 1 spiro atoms. The number of ether oxygens (including phenoxy) is 2. The Hall–Kier alpha value is -1.35. The average molecular weight is 423 g/mol. The van der Waals surface area contributed by atoms with Crippen molar-refractivity contribution >= 4 is 17.4 Å². The zero-order valence-electron chi connectivity index (χ0n) is 16.4. The molecule has 2 aliphatic heterocycles. The highest BCUT2D eigenvalue weighted by molar-refractivity contribution is 7.12. The molecule has 158 valence electrons. The van der Waals surface area contributed by atoms with Crippen LogP contribution in [0.3, 0.4) is 0 Å². The highest BCUT2D eigenvalue weighted by atomic mass is 32.1. The minimum absolute atomic E-state index is 0.240. The van der Waals surface area contributed by atoms with Crippen molar-refractivity contribution in [1.29, 1.82) is 0 Å². The van der Waals surface area contributed by atoms with Crippen LogP contribution in [0, 0.1) is 0 Å². The van der Waals surface area contributed by atoms with Gasteiger partial charge in [0.25, 0.3) is 0 Å². The molecule has 9 heteroatoms. The van der Waals surface area contributed by atoms with E-state index in [0.717, 1.165) is 0 Å². The number of likely N-dealkylation sites (tertiary alicyclic amines) is 1. The Morgan fingerprint density at radius 1 is 1.39 bits per heavy atom. The largest absolute Gasteiger partial charge is 0.444 e. The molecule has 28 heavy (non-hydrogen) atoms. The Labute approximate surface area is 165 Å². The van der Waals surface area contributed by atoms with Crippen molar-refractivity contribution in [2.75, 3.05) is 13.2 Å². The first-order valence-corrected chi connectivity index (χ1v) is 10.1. The number of carbonyl (C=O) groups excluding carboxylic acids is 1. The fourth-order valence-corrected chi connectivity index (χ4v) is 5.20. The van der Waals surface area contributed by atoms with Gasteiger partial charge >= 0.3 is 18.4 Å². The Kier molecular flexibility index (Phi) is 5.46. The lowest BCUT2D eigenvalue weighted by molar-refractivity contribution is -0.132. The van der Waals surface area contributed by atoms with E-state index >= 15 is 0 Å². The van der Waals surface area contributed by atoms with Crippen LogP contribution < -0.4 is 0 Å². The molecule has 1 unspecified atom stereocenters. The first-order valence-electron chi connectivity index (χ1n) is 9.29. The first-order chi connectivity index (χ1) is 12.9. The second kappa shape index (κ2) is 7.16. The summed E-state index contributed by atoms with van der Waals surface area (Å²) in [5.41, 5.74) is -0.805. The highest BCUT2D eigenvalue weighted by Crippen LogP contribution is 2.50. The third-order valence-corrected chi connectivity index (χ3v) is 6.57. The predicted molar refractivity (Wildman–Crippen MR) is 97.2 cm³/mol. The number of carbonyl (C=O) groups is 1. The summed E-state index contributed by atoms with van der Waals surface area (Å²) in [6, 6.07) is 0.956.